The molecule has 2 aromatic carbocycles. The molecule has 0 spiro atoms. The van der Waals surface area contributed by atoms with Crippen LogP contribution < -0.4 is 10.1 Å². The summed E-state index contributed by atoms with van der Waals surface area (Å²) >= 11 is 0. The van der Waals surface area contributed by atoms with E-state index < -0.39 is 10.0 Å². The van der Waals surface area contributed by atoms with Gasteiger partial charge in [0.2, 0.25) is 10.0 Å². The molecule has 1 saturated heterocycles. The van der Waals surface area contributed by atoms with Gasteiger partial charge in [-0.25, -0.2) is 8.42 Å². The number of allylic oxidation sites excluding steroid dienone is 2. The number of piperidine rings is 1. The zero-order chi connectivity index (χ0) is 22.3. The highest BCUT2D eigenvalue weighted by Gasteiger charge is 2.39. The first-order valence-electron chi connectivity index (χ1n) is 11.8. The summed E-state index contributed by atoms with van der Waals surface area (Å²) in [4.78, 5) is 0.422. The molecule has 3 unspecified atom stereocenters. The van der Waals surface area contributed by atoms with E-state index in [-0.39, 0.29) is 12.0 Å². The quantitative estimate of drug-likeness (QED) is 0.623. The number of hydrogen-bond acceptors (Lipinski definition) is 4. The van der Waals surface area contributed by atoms with E-state index in [0.29, 0.717) is 36.4 Å². The molecular formula is C26H32N2O3S. The second-order valence-corrected chi connectivity index (χ2v) is 11.3. The molecule has 0 amide bonds. The maximum Gasteiger partial charge on any atom is 0.243 e. The van der Waals surface area contributed by atoms with E-state index in [1.807, 2.05) is 31.2 Å². The van der Waals surface area contributed by atoms with Crippen LogP contribution in [0.5, 0.6) is 5.75 Å². The van der Waals surface area contributed by atoms with Crippen molar-refractivity contribution in [1.82, 2.24) is 4.31 Å². The van der Waals surface area contributed by atoms with E-state index in [1.165, 1.54) is 5.56 Å². The fourth-order valence-corrected chi connectivity index (χ4v) is 6.88. The first-order valence-corrected chi connectivity index (χ1v) is 13.2. The van der Waals surface area contributed by atoms with Gasteiger partial charge in [0.05, 0.1) is 17.5 Å². The summed E-state index contributed by atoms with van der Waals surface area (Å²) in [6.07, 6.45) is 7.34. The number of nitrogens with one attached hydrogen (secondary N) is 1. The number of hydrogen-bond donors (Lipinski definition) is 1. The maximum absolute atomic E-state index is 13.3. The van der Waals surface area contributed by atoms with Gasteiger partial charge in [0.25, 0.3) is 0 Å². The first-order chi connectivity index (χ1) is 15.5. The van der Waals surface area contributed by atoms with Crippen LogP contribution in [0.4, 0.5) is 5.69 Å². The Morgan fingerprint density at radius 3 is 2.56 bits per heavy atom. The molecule has 0 aromatic heterocycles. The Balaban J connectivity index is 1.44. The number of nitrogens with zero attached hydrogens (tertiary/aromatic N) is 1. The van der Waals surface area contributed by atoms with Crippen LogP contribution in [0.15, 0.2) is 59.5 Å². The molecular weight excluding hydrogens is 420 g/mol. The normalized spacial score (nSPS) is 25.8. The lowest BCUT2D eigenvalue weighted by molar-refractivity contribution is 0.288. The minimum atomic E-state index is -3.46. The number of anilines is 1. The fraction of sp³-hybridized carbons (Fsp3) is 0.462. The highest BCUT2D eigenvalue weighted by atomic mass is 32.2. The standard InChI is InChI=1S/C26H32N2O3S/c1-3-31-20-9-7-19(8-10-20)26-23-6-4-5-22(23)24-17-21(11-12-25(24)27-26)32(29,30)28-15-13-18(2)14-16-28/h4-5,7-12,17-18,22-23,26-27H,3,6,13-16H2,1-2H3. The number of benzene rings is 2. The monoisotopic (exact) mass is 452 g/mol. The Morgan fingerprint density at radius 1 is 1.09 bits per heavy atom. The van der Waals surface area contributed by atoms with Gasteiger partial charge in [-0.3, -0.25) is 0 Å². The predicted molar refractivity (Wildman–Crippen MR) is 128 cm³/mol. The van der Waals surface area contributed by atoms with Gasteiger partial charge in [0, 0.05) is 24.7 Å². The van der Waals surface area contributed by atoms with Crippen LogP contribution >= 0.6 is 0 Å². The highest BCUT2D eigenvalue weighted by molar-refractivity contribution is 7.89. The molecule has 170 valence electrons. The Bertz CT molecular complexity index is 1100. The minimum absolute atomic E-state index is 0.184. The Hall–Kier alpha value is -2.31. The molecule has 5 rings (SSSR count). The summed E-state index contributed by atoms with van der Waals surface area (Å²) in [5.41, 5.74) is 3.36. The van der Waals surface area contributed by atoms with E-state index in [9.17, 15) is 8.42 Å². The summed E-state index contributed by atoms with van der Waals surface area (Å²) in [5.74, 6) is 2.07. The zero-order valence-electron chi connectivity index (χ0n) is 18.8. The molecule has 1 fully saturated rings. The molecule has 2 aromatic rings. The van der Waals surface area contributed by atoms with Crippen molar-refractivity contribution in [3.05, 3.63) is 65.7 Å². The molecule has 5 nitrogen and oxygen atoms in total. The first kappa shape index (κ1) is 21.5. The molecule has 1 N–H and O–H groups in total. The third kappa shape index (κ3) is 3.84. The fourth-order valence-electron chi connectivity index (χ4n) is 5.38. The van der Waals surface area contributed by atoms with Crippen molar-refractivity contribution < 1.29 is 13.2 Å². The van der Waals surface area contributed by atoms with E-state index >= 15 is 0 Å². The lowest BCUT2D eigenvalue weighted by Crippen LogP contribution is -2.38. The summed E-state index contributed by atoms with van der Waals surface area (Å²) in [6, 6.07) is 14.2. The second-order valence-electron chi connectivity index (χ2n) is 9.31. The van der Waals surface area contributed by atoms with Crippen molar-refractivity contribution in [1.29, 1.82) is 0 Å². The predicted octanol–water partition coefficient (Wildman–Crippen LogP) is 5.33. The van der Waals surface area contributed by atoms with Gasteiger partial charge in [0.15, 0.2) is 0 Å². The average molecular weight is 453 g/mol. The van der Waals surface area contributed by atoms with Crippen LogP contribution in [0.25, 0.3) is 0 Å². The van der Waals surface area contributed by atoms with Gasteiger partial charge >= 0.3 is 0 Å². The summed E-state index contributed by atoms with van der Waals surface area (Å²) in [6.45, 7) is 6.07. The molecule has 0 bridgehead atoms. The van der Waals surface area contributed by atoms with E-state index in [2.05, 4.69) is 36.5 Å². The van der Waals surface area contributed by atoms with Gasteiger partial charge in [-0.1, -0.05) is 31.2 Å². The molecule has 32 heavy (non-hydrogen) atoms. The van der Waals surface area contributed by atoms with Crippen LogP contribution in [0, 0.1) is 11.8 Å². The van der Waals surface area contributed by atoms with Gasteiger partial charge in [-0.05, 0) is 79.5 Å². The zero-order valence-corrected chi connectivity index (χ0v) is 19.6. The van der Waals surface area contributed by atoms with Crippen LogP contribution in [-0.4, -0.2) is 32.4 Å². The van der Waals surface area contributed by atoms with Crippen molar-refractivity contribution in [2.75, 3.05) is 25.0 Å². The van der Waals surface area contributed by atoms with Crippen LogP contribution in [0.2, 0.25) is 0 Å². The Kier molecular flexibility index (Phi) is 5.76. The SMILES string of the molecule is CCOc1ccc(C2Nc3ccc(S(=O)(=O)N4CCC(C)CC4)cc3C3C=CCC32)cc1. The van der Waals surface area contributed by atoms with Crippen molar-refractivity contribution in [3.8, 4) is 5.75 Å². The van der Waals surface area contributed by atoms with Gasteiger partial charge in [-0.2, -0.15) is 4.31 Å². The minimum Gasteiger partial charge on any atom is -0.494 e. The van der Waals surface area contributed by atoms with Crippen LogP contribution in [0.1, 0.15) is 56.2 Å². The smallest absolute Gasteiger partial charge is 0.243 e. The number of rotatable bonds is 5. The summed E-state index contributed by atoms with van der Waals surface area (Å²) in [5, 5.41) is 3.71. The summed E-state index contributed by atoms with van der Waals surface area (Å²) < 4.78 is 33.9. The molecule has 2 heterocycles. The van der Waals surface area contributed by atoms with Gasteiger partial charge in [-0.15, -0.1) is 0 Å². The molecule has 2 aliphatic heterocycles. The third-order valence-electron chi connectivity index (χ3n) is 7.26. The van der Waals surface area contributed by atoms with Crippen LogP contribution in [0.3, 0.4) is 0 Å². The molecule has 1 aliphatic carbocycles. The number of sulfonamides is 1. The lowest BCUT2D eigenvalue weighted by atomic mass is 9.77. The van der Waals surface area contributed by atoms with Crippen molar-refractivity contribution >= 4 is 15.7 Å². The topological polar surface area (TPSA) is 58.6 Å². The van der Waals surface area contributed by atoms with E-state index in [0.717, 1.165) is 36.3 Å². The lowest BCUT2D eigenvalue weighted by Gasteiger charge is -2.38. The Labute approximate surface area is 191 Å². The van der Waals surface area contributed by atoms with E-state index in [1.54, 1.807) is 10.4 Å². The van der Waals surface area contributed by atoms with Gasteiger partial charge in [0.1, 0.15) is 5.75 Å². The van der Waals surface area contributed by atoms with Crippen molar-refractivity contribution in [3.63, 3.8) is 0 Å². The molecule has 6 heteroatoms. The molecule has 3 aliphatic rings. The van der Waals surface area contributed by atoms with E-state index in [4.69, 9.17) is 4.74 Å². The molecule has 3 atom stereocenters. The largest absolute Gasteiger partial charge is 0.494 e. The highest BCUT2D eigenvalue weighted by Crippen LogP contribution is 2.50. The van der Waals surface area contributed by atoms with Gasteiger partial charge < -0.3 is 10.1 Å². The van der Waals surface area contributed by atoms with Crippen molar-refractivity contribution in [2.45, 2.75) is 50.0 Å². The number of fused-ring (bicyclic) bond motifs is 3. The number of ether oxygens (including phenoxy) is 1. The Morgan fingerprint density at radius 2 is 1.84 bits per heavy atom. The summed E-state index contributed by atoms with van der Waals surface area (Å²) in [7, 11) is -3.46. The second kappa shape index (κ2) is 8.56. The van der Waals surface area contributed by atoms with Crippen LogP contribution in [-0.2, 0) is 10.0 Å². The van der Waals surface area contributed by atoms with Crippen molar-refractivity contribution in [2.24, 2.45) is 11.8 Å². The molecule has 0 saturated carbocycles. The maximum atomic E-state index is 13.3. The molecule has 0 radical (unpaired) electrons. The average Bonchev–Trinajstić information content (AvgIpc) is 3.30. The third-order valence-corrected chi connectivity index (χ3v) is 9.16.